The second-order valence-corrected chi connectivity index (χ2v) is 8.14. The third-order valence-corrected chi connectivity index (χ3v) is 5.53. The number of carbonyl (C=O) groups excluding carboxylic acids is 1. The average Bonchev–Trinajstić information content (AvgIpc) is 2.87. The second-order valence-electron chi connectivity index (χ2n) is 8.14. The Labute approximate surface area is 161 Å². The lowest BCUT2D eigenvalue weighted by molar-refractivity contribution is -0.121. The fourth-order valence-electron chi connectivity index (χ4n) is 4.39. The first-order valence-electron chi connectivity index (χ1n) is 10.1. The van der Waals surface area contributed by atoms with Crippen molar-refractivity contribution in [2.24, 2.45) is 18.9 Å². The highest BCUT2D eigenvalue weighted by Gasteiger charge is 2.21. The van der Waals surface area contributed by atoms with Gasteiger partial charge in [-0.15, -0.1) is 0 Å². The van der Waals surface area contributed by atoms with Crippen molar-refractivity contribution in [1.82, 2.24) is 19.4 Å². The van der Waals surface area contributed by atoms with Crippen molar-refractivity contribution < 1.29 is 4.79 Å². The van der Waals surface area contributed by atoms with Gasteiger partial charge in [0.1, 0.15) is 0 Å². The number of hydrogen-bond donors (Lipinski definition) is 1. The Morgan fingerprint density at radius 3 is 2.48 bits per heavy atom. The van der Waals surface area contributed by atoms with Crippen LogP contribution >= 0.6 is 0 Å². The van der Waals surface area contributed by atoms with Crippen LogP contribution in [0.2, 0.25) is 0 Å². The molecular weight excluding hydrogens is 340 g/mol. The van der Waals surface area contributed by atoms with E-state index in [1.165, 1.54) is 19.5 Å². The number of nitrogens with one attached hydrogen (secondary N) is 1. The number of imidazole rings is 1. The van der Waals surface area contributed by atoms with Gasteiger partial charge in [-0.2, -0.15) is 0 Å². The topological polar surface area (TPSA) is 59.3 Å². The summed E-state index contributed by atoms with van der Waals surface area (Å²) in [6, 6.07) is 7.69. The summed E-state index contributed by atoms with van der Waals surface area (Å²) in [5.41, 5.74) is 1.70. The molecule has 2 atom stereocenters. The van der Waals surface area contributed by atoms with Crippen LogP contribution < -0.4 is 11.0 Å². The van der Waals surface area contributed by atoms with Gasteiger partial charge in [0.25, 0.3) is 0 Å². The number of aromatic nitrogens is 2. The van der Waals surface area contributed by atoms with Crippen LogP contribution in [-0.2, 0) is 18.4 Å². The number of carbonyl (C=O) groups is 1. The van der Waals surface area contributed by atoms with E-state index >= 15 is 0 Å². The molecule has 1 amide bonds. The number of piperidine rings is 1. The van der Waals surface area contributed by atoms with Crippen molar-refractivity contribution in [2.75, 3.05) is 26.2 Å². The molecule has 1 aromatic heterocycles. The lowest BCUT2D eigenvalue weighted by Gasteiger charge is -2.34. The van der Waals surface area contributed by atoms with Gasteiger partial charge in [-0.25, -0.2) is 4.79 Å². The van der Waals surface area contributed by atoms with E-state index in [9.17, 15) is 9.59 Å². The van der Waals surface area contributed by atoms with Gasteiger partial charge in [0.15, 0.2) is 0 Å². The largest absolute Gasteiger partial charge is 0.356 e. The normalized spacial score (nSPS) is 20.9. The minimum Gasteiger partial charge on any atom is -0.356 e. The quantitative estimate of drug-likeness (QED) is 0.758. The van der Waals surface area contributed by atoms with Gasteiger partial charge in [0, 0.05) is 39.6 Å². The summed E-state index contributed by atoms with van der Waals surface area (Å²) in [6.07, 6.45) is 2.62. The van der Waals surface area contributed by atoms with Crippen LogP contribution in [-0.4, -0.2) is 46.1 Å². The predicted molar refractivity (Wildman–Crippen MR) is 109 cm³/mol. The molecule has 6 heteroatoms. The van der Waals surface area contributed by atoms with Crippen LogP contribution in [0.1, 0.15) is 33.1 Å². The van der Waals surface area contributed by atoms with E-state index in [1.54, 1.807) is 16.2 Å². The molecule has 0 saturated carbocycles. The summed E-state index contributed by atoms with van der Waals surface area (Å²) < 4.78 is 3.32. The van der Waals surface area contributed by atoms with Crippen molar-refractivity contribution in [3.8, 4) is 0 Å². The summed E-state index contributed by atoms with van der Waals surface area (Å²) in [6.45, 7) is 9.12. The van der Waals surface area contributed by atoms with Crippen LogP contribution in [0.3, 0.4) is 0 Å². The van der Waals surface area contributed by atoms with E-state index in [-0.39, 0.29) is 11.6 Å². The first-order chi connectivity index (χ1) is 13.0. The number of benzene rings is 1. The van der Waals surface area contributed by atoms with Crippen molar-refractivity contribution >= 4 is 16.9 Å². The van der Waals surface area contributed by atoms with E-state index in [0.29, 0.717) is 19.5 Å². The molecule has 0 spiro atoms. The number of hydrogen-bond acceptors (Lipinski definition) is 3. The zero-order valence-electron chi connectivity index (χ0n) is 16.8. The average molecular weight is 373 g/mol. The van der Waals surface area contributed by atoms with Gasteiger partial charge in [-0.3, -0.25) is 13.9 Å². The Bertz CT molecular complexity index is 828. The van der Waals surface area contributed by atoms with Crippen molar-refractivity contribution in [3.05, 3.63) is 34.7 Å². The van der Waals surface area contributed by atoms with Gasteiger partial charge >= 0.3 is 5.69 Å². The Morgan fingerprint density at radius 1 is 1.11 bits per heavy atom. The molecule has 2 aromatic rings. The molecule has 148 valence electrons. The monoisotopic (exact) mass is 372 g/mol. The number of likely N-dealkylation sites (tertiary alicyclic amines) is 1. The van der Waals surface area contributed by atoms with Crippen molar-refractivity contribution in [1.29, 1.82) is 0 Å². The maximum absolute atomic E-state index is 12.4. The standard InChI is InChI=1S/C21H32N4O2/c1-16-13-17(2)15-24(14-16)11-6-10-22-20(26)9-12-25-19-8-5-4-7-18(19)23(3)21(25)27/h4-5,7-8,16-17H,6,9-15H2,1-3H3,(H,22,26)/t16-,17-/m0/s1. The molecule has 2 heterocycles. The highest BCUT2D eigenvalue weighted by Crippen LogP contribution is 2.20. The summed E-state index contributed by atoms with van der Waals surface area (Å²) in [5.74, 6) is 1.54. The molecule has 27 heavy (non-hydrogen) atoms. The molecule has 1 aliphatic rings. The third kappa shape index (κ3) is 4.80. The number of fused-ring (bicyclic) bond motifs is 1. The van der Waals surface area contributed by atoms with Crippen LogP contribution in [0.5, 0.6) is 0 Å². The zero-order valence-corrected chi connectivity index (χ0v) is 16.8. The van der Waals surface area contributed by atoms with Gasteiger partial charge < -0.3 is 10.2 Å². The minimum absolute atomic E-state index is 0.00946. The van der Waals surface area contributed by atoms with Gasteiger partial charge in [0.2, 0.25) is 5.91 Å². The van der Waals surface area contributed by atoms with Gasteiger partial charge in [-0.05, 0) is 43.4 Å². The molecule has 1 aliphatic heterocycles. The molecule has 1 aromatic carbocycles. The lowest BCUT2D eigenvalue weighted by Crippen LogP contribution is -2.40. The first-order valence-corrected chi connectivity index (χ1v) is 10.1. The van der Waals surface area contributed by atoms with Crippen LogP contribution in [0.4, 0.5) is 0 Å². The Kier molecular flexibility index (Phi) is 6.37. The van der Waals surface area contributed by atoms with E-state index in [4.69, 9.17) is 0 Å². The molecular formula is C21H32N4O2. The van der Waals surface area contributed by atoms with E-state index in [2.05, 4.69) is 24.1 Å². The SMILES string of the molecule is C[C@H]1C[C@H](C)CN(CCCNC(=O)CCn2c(=O)n(C)c3ccccc32)C1. The number of nitrogens with zero attached hydrogens (tertiary/aromatic N) is 3. The Hall–Kier alpha value is -2.08. The summed E-state index contributed by atoms with van der Waals surface area (Å²) in [7, 11) is 1.77. The fourth-order valence-corrected chi connectivity index (χ4v) is 4.39. The van der Waals surface area contributed by atoms with Gasteiger partial charge in [0.05, 0.1) is 11.0 Å². The molecule has 1 fully saturated rings. The van der Waals surface area contributed by atoms with Crippen LogP contribution in [0, 0.1) is 11.8 Å². The molecule has 0 radical (unpaired) electrons. The molecule has 0 aliphatic carbocycles. The van der Waals surface area contributed by atoms with Gasteiger partial charge in [-0.1, -0.05) is 26.0 Å². The fraction of sp³-hybridized carbons (Fsp3) is 0.619. The number of para-hydroxylation sites is 2. The van der Waals surface area contributed by atoms with E-state index in [0.717, 1.165) is 35.8 Å². The second kappa shape index (κ2) is 8.74. The molecule has 3 rings (SSSR count). The third-order valence-electron chi connectivity index (χ3n) is 5.53. The zero-order chi connectivity index (χ0) is 19.4. The van der Waals surface area contributed by atoms with Crippen LogP contribution in [0.15, 0.2) is 29.1 Å². The maximum Gasteiger partial charge on any atom is 0.328 e. The van der Waals surface area contributed by atoms with Crippen molar-refractivity contribution in [3.63, 3.8) is 0 Å². The highest BCUT2D eigenvalue weighted by atomic mass is 16.2. The number of amides is 1. The smallest absolute Gasteiger partial charge is 0.328 e. The minimum atomic E-state index is -0.0719. The Morgan fingerprint density at radius 2 is 1.78 bits per heavy atom. The summed E-state index contributed by atoms with van der Waals surface area (Å²) >= 11 is 0. The van der Waals surface area contributed by atoms with E-state index in [1.807, 2.05) is 24.3 Å². The number of rotatable bonds is 7. The van der Waals surface area contributed by atoms with E-state index < -0.39 is 0 Å². The summed E-state index contributed by atoms with van der Waals surface area (Å²) in [4.78, 5) is 27.1. The summed E-state index contributed by atoms with van der Waals surface area (Å²) in [5, 5.41) is 3.00. The number of aryl methyl sites for hydroxylation is 2. The lowest BCUT2D eigenvalue weighted by atomic mass is 9.92. The molecule has 0 unspecified atom stereocenters. The maximum atomic E-state index is 12.4. The molecule has 0 bridgehead atoms. The highest BCUT2D eigenvalue weighted by molar-refractivity contribution is 5.77. The van der Waals surface area contributed by atoms with Crippen LogP contribution in [0.25, 0.3) is 11.0 Å². The molecule has 1 N–H and O–H groups in total. The first kappa shape index (κ1) is 19.7. The Balaban J connectivity index is 1.43. The molecule has 6 nitrogen and oxygen atoms in total. The van der Waals surface area contributed by atoms with Crippen molar-refractivity contribution in [2.45, 2.75) is 39.7 Å². The predicted octanol–water partition coefficient (Wildman–Crippen LogP) is 2.21. The molecule has 1 saturated heterocycles.